The maximum Gasteiger partial charge on any atom is 0.223 e. The molecule has 0 aromatic heterocycles. The molecule has 1 fully saturated rings. The van der Waals surface area contributed by atoms with Crippen molar-refractivity contribution in [2.75, 3.05) is 19.6 Å². The van der Waals surface area contributed by atoms with Crippen LogP contribution in [0.25, 0.3) is 0 Å². The monoisotopic (exact) mass is 350 g/mol. The summed E-state index contributed by atoms with van der Waals surface area (Å²) in [5, 5.41) is 3.14. The van der Waals surface area contributed by atoms with Gasteiger partial charge in [0.15, 0.2) is 0 Å². The highest BCUT2D eigenvalue weighted by atomic mass is 16.1. The molecule has 138 valence electrons. The van der Waals surface area contributed by atoms with Crippen molar-refractivity contribution in [2.45, 2.75) is 39.2 Å². The van der Waals surface area contributed by atoms with E-state index in [0.717, 1.165) is 51.9 Å². The number of aryl methyl sites for hydroxylation is 2. The molecule has 0 spiro atoms. The standard InChI is InChI=1S/C23H30N2O/c1-19-9-11-20(12-10-19)8-5-15-24-23(26)22-13-16-25(17-14-22)18-21-6-3-2-4-7-21/h2-4,6-7,9-12,22H,5,8,13-18H2,1H3,(H,24,26). The van der Waals surface area contributed by atoms with E-state index in [9.17, 15) is 4.79 Å². The molecule has 0 bridgehead atoms. The van der Waals surface area contributed by atoms with Crippen LogP contribution in [0.5, 0.6) is 0 Å². The van der Waals surface area contributed by atoms with Gasteiger partial charge in [0.2, 0.25) is 5.91 Å². The normalized spacial score (nSPS) is 15.7. The maximum absolute atomic E-state index is 12.4. The van der Waals surface area contributed by atoms with Gasteiger partial charge >= 0.3 is 0 Å². The molecule has 1 saturated heterocycles. The van der Waals surface area contributed by atoms with Gasteiger partial charge in [0.05, 0.1) is 0 Å². The first-order chi connectivity index (χ1) is 12.7. The van der Waals surface area contributed by atoms with E-state index < -0.39 is 0 Å². The van der Waals surface area contributed by atoms with Gasteiger partial charge in [-0.25, -0.2) is 0 Å². The number of carbonyl (C=O) groups is 1. The number of hydrogen-bond donors (Lipinski definition) is 1. The van der Waals surface area contributed by atoms with Gasteiger partial charge in [-0.15, -0.1) is 0 Å². The van der Waals surface area contributed by atoms with Crippen LogP contribution in [0.1, 0.15) is 36.0 Å². The van der Waals surface area contributed by atoms with Crippen LogP contribution in [0.3, 0.4) is 0 Å². The molecule has 1 aliphatic heterocycles. The second kappa shape index (κ2) is 9.54. The Bertz CT molecular complexity index is 673. The van der Waals surface area contributed by atoms with E-state index in [1.807, 2.05) is 0 Å². The molecule has 0 saturated carbocycles. The number of benzene rings is 2. The summed E-state index contributed by atoms with van der Waals surface area (Å²) in [5.74, 6) is 0.426. The molecule has 0 unspecified atom stereocenters. The zero-order chi connectivity index (χ0) is 18.2. The van der Waals surface area contributed by atoms with Gasteiger partial charge in [-0.1, -0.05) is 60.2 Å². The Hall–Kier alpha value is -2.13. The largest absolute Gasteiger partial charge is 0.356 e. The lowest BCUT2D eigenvalue weighted by molar-refractivity contribution is -0.126. The van der Waals surface area contributed by atoms with Crippen LogP contribution in [-0.4, -0.2) is 30.4 Å². The molecule has 1 heterocycles. The predicted octanol–water partition coefficient (Wildman–Crippen LogP) is 3.96. The number of carbonyl (C=O) groups excluding carboxylic acids is 1. The van der Waals surface area contributed by atoms with Crippen LogP contribution >= 0.6 is 0 Å². The summed E-state index contributed by atoms with van der Waals surface area (Å²) in [6.45, 7) is 5.89. The van der Waals surface area contributed by atoms with E-state index in [1.165, 1.54) is 16.7 Å². The van der Waals surface area contributed by atoms with Crippen LogP contribution in [0.2, 0.25) is 0 Å². The summed E-state index contributed by atoms with van der Waals surface area (Å²) in [4.78, 5) is 14.8. The Morgan fingerprint density at radius 1 is 1.00 bits per heavy atom. The summed E-state index contributed by atoms with van der Waals surface area (Å²) in [6.07, 6.45) is 3.96. The minimum atomic E-state index is 0.182. The lowest BCUT2D eigenvalue weighted by Gasteiger charge is -2.31. The molecule has 1 N–H and O–H groups in total. The molecular formula is C23H30N2O. The van der Waals surface area contributed by atoms with Gasteiger partial charge in [-0.3, -0.25) is 9.69 Å². The van der Waals surface area contributed by atoms with Crippen molar-refractivity contribution in [1.29, 1.82) is 0 Å². The fourth-order valence-corrected chi connectivity index (χ4v) is 3.60. The van der Waals surface area contributed by atoms with Crippen LogP contribution in [0.15, 0.2) is 54.6 Å². The second-order valence-corrected chi connectivity index (χ2v) is 7.42. The molecule has 1 aliphatic rings. The molecule has 1 amide bonds. The zero-order valence-corrected chi connectivity index (χ0v) is 15.8. The third-order valence-electron chi connectivity index (χ3n) is 5.27. The smallest absolute Gasteiger partial charge is 0.223 e. The van der Waals surface area contributed by atoms with E-state index in [0.29, 0.717) is 0 Å². The number of likely N-dealkylation sites (tertiary alicyclic amines) is 1. The highest BCUT2D eigenvalue weighted by Gasteiger charge is 2.24. The van der Waals surface area contributed by atoms with Gasteiger partial charge in [-0.2, -0.15) is 0 Å². The lowest BCUT2D eigenvalue weighted by Crippen LogP contribution is -2.40. The summed E-state index contributed by atoms with van der Waals surface area (Å²) in [5.41, 5.74) is 3.99. The second-order valence-electron chi connectivity index (χ2n) is 7.42. The van der Waals surface area contributed by atoms with Gasteiger partial charge < -0.3 is 5.32 Å². The molecule has 3 nitrogen and oxygen atoms in total. The first kappa shape index (κ1) is 18.7. The predicted molar refractivity (Wildman–Crippen MR) is 107 cm³/mol. The van der Waals surface area contributed by atoms with E-state index in [1.54, 1.807) is 0 Å². The van der Waals surface area contributed by atoms with E-state index in [2.05, 4.69) is 71.7 Å². The Morgan fingerprint density at radius 3 is 2.38 bits per heavy atom. The van der Waals surface area contributed by atoms with Crippen molar-refractivity contribution in [3.8, 4) is 0 Å². The Balaban J connectivity index is 1.32. The minimum absolute atomic E-state index is 0.182. The molecule has 3 rings (SSSR count). The lowest BCUT2D eigenvalue weighted by atomic mass is 9.95. The SMILES string of the molecule is Cc1ccc(CCCNC(=O)C2CCN(Cc3ccccc3)CC2)cc1. The van der Waals surface area contributed by atoms with E-state index in [4.69, 9.17) is 0 Å². The Morgan fingerprint density at radius 2 is 1.69 bits per heavy atom. The fraction of sp³-hybridized carbons (Fsp3) is 0.435. The van der Waals surface area contributed by atoms with Gasteiger partial charge in [0.1, 0.15) is 0 Å². The summed E-state index contributed by atoms with van der Waals surface area (Å²) >= 11 is 0. The average Bonchev–Trinajstić information content (AvgIpc) is 2.68. The molecular weight excluding hydrogens is 320 g/mol. The third kappa shape index (κ3) is 5.70. The molecule has 0 radical (unpaired) electrons. The number of nitrogens with zero attached hydrogens (tertiary/aromatic N) is 1. The molecule has 0 aliphatic carbocycles. The van der Waals surface area contributed by atoms with Crippen LogP contribution in [0, 0.1) is 12.8 Å². The van der Waals surface area contributed by atoms with E-state index in [-0.39, 0.29) is 11.8 Å². The highest BCUT2D eigenvalue weighted by Crippen LogP contribution is 2.19. The first-order valence-corrected chi connectivity index (χ1v) is 9.80. The zero-order valence-electron chi connectivity index (χ0n) is 15.8. The molecule has 3 heteroatoms. The quantitative estimate of drug-likeness (QED) is 0.767. The topological polar surface area (TPSA) is 32.3 Å². The Labute approximate surface area is 157 Å². The van der Waals surface area contributed by atoms with Gasteiger partial charge in [0, 0.05) is 19.0 Å². The van der Waals surface area contributed by atoms with Crippen molar-refractivity contribution in [2.24, 2.45) is 5.92 Å². The first-order valence-electron chi connectivity index (χ1n) is 9.80. The van der Waals surface area contributed by atoms with Crippen molar-refractivity contribution >= 4 is 5.91 Å². The molecule has 2 aromatic carbocycles. The maximum atomic E-state index is 12.4. The number of hydrogen-bond acceptors (Lipinski definition) is 2. The number of piperidine rings is 1. The van der Waals surface area contributed by atoms with Crippen LogP contribution in [-0.2, 0) is 17.8 Å². The average molecular weight is 351 g/mol. The molecule has 0 atom stereocenters. The summed E-state index contributed by atoms with van der Waals surface area (Å²) < 4.78 is 0. The number of amides is 1. The Kier molecular flexibility index (Phi) is 6.84. The number of rotatable bonds is 7. The fourth-order valence-electron chi connectivity index (χ4n) is 3.60. The van der Waals surface area contributed by atoms with E-state index >= 15 is 0 Å². The van der Waals surface area contributed by atoms with Crippen molar-refractivity contribution in [3.63, 3.8) is 0 Å². The van der Waals surface area contributed by atoms with Gasteiger partial charge in [0.25, 0.3) is 0 Å². The minimum Gasteiger partial charge on any atom is -0.356 e. The van der Waals surface area contributed by atoms with Crippen LogP contribution < -0.4 is 5.32 Å². The van der Waals surface area contributed by atoms with Crippen molar-refractivity contribution in [3.05, 3.63) is 71.3 Å². The summed E-state index contributed by atoms with van der Waals surface area (Å²) in [6, 6.07) is 19.2. The van der Waals surface area contributed by atoms with Crippen molar-refractivity contribution < 1.29 is 4.79 Å². The van der Waals surface area contributed by atoms with Crippen LogP contribution in [0.4, 0.5) is 0 Å². The highest BCUT2D eigenvalue weighted by molar-refractivity contribution is 5.78. The summed E-state index contributed by atoms with van der Waals surface area (Å²) in [7, 11) is 0. The number of nitrogens with one attached hydrogen (secondary N) is 1. The third-order valence-corrected chi connectivity index (χ3v) is 5.27. The van der Waals surface area contributed by atoms with Gasteiger partial charge in [-0.05, 0) is 56.8 Å². The van der Waals surface area contributed by atoms with Crippen molar-refractivity contribution in [1.82, 2.24) is 10.2 Å². The molecule has 2 aromatic rings. The molecule has 26 heavy (non-hydrogen) atoms.